The van der Waals surface area contributed by atoms with Gasteiger partial charge in [-0.1, -0.05) is 31.2 Å². The second-order valence-corrected chi connectivity index (χ2v) is 4.21. The number of nitriles is 1. The van der Waals surface area contributed by atoms with Crippen LogP contribution in [0.25, 0.3) is 0 Å². The number of carboxylic acids is 1. The van der Waals surface area contributed by atoms with E-state index in [2.05, 4.69) is 13.0 Å². The second kappa shape index (κ2) is 7.46. The summed E-state index contributed by atoms with van der Waals surface area (Å²) < 4.78 is 0. The van der Waals surface area contributed by atoms with Gasteiger partial charge in [-0.25, -0.2) is 0 Å². The Morgan fingerprint density at radius 1 is 1.39 bits per heavy atom. The van der Waals surface area contributed by atoms with E-state index in [1.807, 2.05) is 29.2 Å². The van der Waals surface area contributed by atoms with Gasteiger partial charge in [0.15, 0.2) is 0 Å². The van der Waals surface area contributed by atoms with Crippen LogP contribution in [0.2, 0.25) is 0 Å². The first-order chi connectivity index (χ1) is 8.67. The molecule has 1 N–H and O–H groups in total. The monoisotopic (exact) mass is 246 g/mol. The third-order valence-electron chi connectivity index (χ3n) is 2.69. The minimum atomic E-state index is -0.829. The molecule has 4 heteroatoms. The lowest BCUT2D eigenvalue weighted by Crippen LogP contribution is -2.25. The number of rotatable bonds is 7. The Hall–Kier alpha value is -1.86. The third kappa shape index (κ3) is 4.56. The van der Waals surface area contributed by atoms with Gasteiger partial charge in [0.2, 0.25) is 0 Å². The van der Waals surface area contributed by atoms with Gasteiger partial charge >= 0.3 is 5.97 Å². The molecule has 0 atom stereocenters. The SMILES string of the molecule is CCCN(CC#N)Cc1ccccc1CC(=O)O. The number of hydrogen-bond acceptors (Lipinski definition) is 3. The van der Waals surface area contributed by atoms with E-state index in [9.17, 15) is 4.79 Å². The van der Waals surface area contributed by atoms with Crippen molar-refractivity contribution in [2.75, 3.05) is 13.1 Å². The lowest BCUT2D eigenvalue weighted by molar-refractivity contribution is -0.136. The van der Waals surface area contributed by atoms with Gasteiger partial charge in [0, 0.05) is 6.54 Å². The highest BCUT2D eigenvalue weighted by Crippen LogP contribution is 2.12. The summed E-state index contributed by atoms with van der Waals surface area (Å²) >= 11 is 0. The van der Waals surface area contributed by atoms with Gasteiger partial charge in [0.1, 0.15) is 0 Å². The highest BCUT2D eigenvalue weighted by atomic mass is 16.4. The average Bonchev–Trinajstić information content (AvgIpc) is 2.31. The first-order valence-corrected chi connectivity index (χ1v) is 6.05. The summed E-state index contributed by atoms with van der Waals surface area (Å²) in [6.07, 6.45) is 1.01. The normalized spacial score (nSPS) is 10.3. The molecule has 96 valence electrons. The quantitative estimate of drug-likeness (QED) is 0.748. The molecule has 4 nitrogen and oxygen atoms in total. The minimum absolute atomic E-state index is 0.0304. The number of hydrogen-bond donors (Lipinski definition) is 1. The summed E-state index contributed by atoms with van der Waals surface area (Å²) in [5, 5.41) is 17.6. The van der Waals surface area contributed by atoms with Crippen molar-refractivity contribution in [2.45, 2.75) is 26.3 Å². The largest absolute Gasteiger partial charge is 0.481 e. The van der Waals surface area contributed by atoms with E-state index in [4.69, 9.17) is 10.4 Å². The van der Waals surface area contributed by atoms with Crippen molar-refractivity contribution >= 4 is 5.97 Å². The molecule has 18 heavy (non-hydrogen) atoms. The fourth-order valence-corrected chi connectivity index (χ4v) is 1.92. The third-order valence-corrected chi connectivity index (χ3v) is 2.69. The number of carbonyl (C=O) groups is 1. The van der Waals surface area contributed by atoms with Crippen molar-refractivity contribution in [1.29, 1.82) is 5.26 Å². The molecule has 0 saturated carbocycles. The molecule has 1 aromatic rings. The zero-order chi connectivity index (χ0) is 13.4. The van der Waals surface area contributed by atoms with Crippen molar-refractivity contribution in [3.05, 3.63) is 35.4 Å². The molecule has 0 aliphatic carbocycles. The molecular formula is C14H18N2O2. The van der Waals surface area contributed by atoms with Gasteiger partial charge in [-0.3, -0.25) is 9.69 Å². The van der Waals surface area contributed by atoms with Crippen LogP contribution >= 0.6 is 0 Å². The Kier molecular flexibility index (Phi) is 5.89. The number of carboxylic acid groups (broad SMARTS) is 1. The Labute approximate surface area is 107 Å². The standard InChI is InChI=1S/C14H18N2O2/c1-2-8-16(9-7-15)11-13-6-4-3-5-12(13)10-14(17)18/h3-6H,2,8-11H2,1H3,(H,17,18). The van der Waals surface area contributed by atoms with Crippen LogP contribution in [0.15, 0.2) is 24.3 Å². The lowest BCUT2D eigenvalue weighted by atomic mass is 10.0. The molecule has 0 bridgehead atoms. The molecule has 0 fully saturated rings. The van der Waals surface area contributed by atoms with Gasteiger partial charge in [-0.15, -0.1) is 0 Å². The van der Waals surface area contributed by atoms with Gasteiger partial charge in [0.25, 0.3) is 0 Å². The highest BCUT2D eigenvalue weighted by Gasteiger charge is 2.10. The van der Waals surface area contributed by atoms with E-state index < -0.39 is 5.97 Å². The first-order valence-electron chi connectivity index (χ1n) is 6.05. The highest BCUT2D eigenvalue weighted by molar-refractivity contribution is 5.70. The van der Waals surface area contributed by atoms with Crippen molar-refractivity contribution in [3.8, 4) is 6.07 Å². The molecule has 1 rings (SSSR count). The van der Waals surface area contributed by atoms with Gasteiger partial charge < -0.3 is 5.11 Å². The van der Waals surface area contributed by atoms with Crippen LogP contribution in [0.3, 0.4) is 0 Å². The summed E-state index contributed by atoms with van der Waals surface area (Å²) in [6, 6.07) is 9.65. The molecule has 0 unspecified atom stereocenters. The van der Waals surface area contributed by atoms with Crippen molar-refractivity contribution < 1.29 is 9.90 Å². The minimum Gasteiger partial charge on any atom is -0.481 e. The van der Waals surface area contributed by atoms with Crippen molar-refractivity contribution in [3.63, 3.8) is 0 Å². The molecule has 0 radical (unpaired) electrons. The van der Waals surface area contributed by atoms with E-state index in [1.165, 1.54) is 0 Å². The maximum Gasteiger partial charge on any atom is 0.307 e. The maximum atomic E-state index is 10.8. The van der Waals surface area contributed by atoms with Gasteiger partial charge in [-0.2, -0.15) is 5.26 Å². The van der Waals surface area contributed by atoms with Crippen LogP contribution in [0, 0.1) is 11.3 Å². The summed E-state index contributed by atoms with van der Waals surface area (Å²) in [5.41, 5.74) is 1.81. The van der Waals surface area contributed by atoms with Crippen LogP contribution in [0.5, 0.6) is 0 Å². The molecule has 0 aliphatic heterocycles. The van der Waals surface area contributed by atoms with Crippen LogP contribution in [0.4, 0.5) is 0 Å². The first kappa shape index (κ1) is 14.2. The van der Waals surface area contributed by atoms with Crippen LogP contribution < -0.4 is 0 Å². The molecule has 0 spiro atoms. The van der Waals surface area contributed by atoms with Crippen LogP contribution in [0.1, 0.15) is 24.5 Å². The van der Waals surface area contributed by atoms with Crippen molar-refractivity contribution in [2.24, 2.45) is 0 Å². The van der Waals surface area contributed by atoms with E-state index in [1.54, 1.807) is 0 Å². The van der Waals surface area contributed by atoms with Gasteiger partial charge in [-0.05, 0) is 24.1 Å². The van der Waals surface area contributed by atoms with E-state index in [0.29, 0.717) is 13.1 Å². The van der Waals surface area contributed by atoms with E-state index in [-0.39, 0.29) is 6.42 Å². The second-order valence-electron chi connectivity index (χ2n) is 4.21. The predicted octanol–water partition coefficient (Wildman–Crippen LogP) is 2.05. The predicted molar refractivity (Wildman–Crippen MR) is 69.0 cm³/mol. The molecule has 0 amide bonds. The van der Waals surface area contributed by atoms with E-state index in [0.717, 1.165) is 24.1 Å². The molecule has 0 aromatic heterocycles. The fraction of sp³-hybridized carbons (Fsp3) is 0.429. The molecule has 0 aliphatic rings. The average molecular weight is 246 g/mol. The summed E-state index contributed by atoms with van der Waals surface area (Å²) in [4.78, 5) is 12.8. The molecule has 0 heterocycles. The smallest absolute Gasteiger partial charge is 0.307 e. The van der Waals surface area contributed by atoms with Crippen LogP contribution in [-0.2, 0) is 17.8 Å². The summed E-state index contributed by atoms with van der Waals surface area (Å²) in [5.74, 6) is -0.829. The van der Waals surface area contributed by atoms with Gasteiger partial charge in [0.05, 0.1) is 19.0 Å². The molecule has 0 saturated heterocycles. The van der Waals surface area contributed by atoms with Crippen LogP contribution in [-0.4, -0.2) is 29.1 Å². The summed E-state index contributed by atoms with van der Waals surface area (Å²) in [6.45, 7) is 3.91. The Morgan fingerprint density at radius 2 is 2.06 bits per heavy atom. The number of aliphatic carboxylic acids is 1. The summed E-state index contributed by atoms with van der Waals surface area (Å²) in [7, 11) is 0. The zero-order valence-corrected chi connectivity index (χ0v) is 10.6. The Bertz CT molecular complexity index is 438. The maximum absolute atomic E-state index is 10.8. The Balaban J connectivity index is 2.81. The van der Waals surface area contributed by atoms with E-state index >= 15 is 0 Å². The zero-order valence-electron chi connectivity index (χ0n) is 10.6. The fourth-order valence-electron chi connectivity index (χ4n) is 1.92. The molecular weight excluding hydrogens is 228 g/mol. The molecule has 1 aromatic carbocycles. The van der Waals surface area contributed by atoms with Crippen molar-refractivity contribution in [1.82, 2.24) is 4.90 Å². The Morgan fingerprint density at radius 3 is 2.61 bits per heavy atom. The lowest BCUT2D eigenvalue weighted by Gasteiger charge is -2.19. The number of benzene rings is 1. The topological polar surface area (TPSA) is 64.3 Å². The number of nitrogens with zero attached hydrogens (tertiary/aromatic N) is 2.